The Labute approximate surface area is 181 Å². The summed E-state index contributed by atoms with van der Waals surface area (Å²) in [5.41, 5.74) is 2.74. The third-order valence-electron chi connectivity index (χ3n) is 5.25. The molecular weight excluding hydrogens is 396 g/mol. The van der Waals surface area contributed by atoms with Crippen LogP contribution in [0.15, 0.2) is 65.2 Å². The number of rotatable bonds is 6. The summed E-state index contributed by atoms with van der Waals surface area (Å²) in [5, 5.41) is 6.94. The zero-order valence-corrected chi connectivity index (χ0v) is 17.8. The molecular formula is C23H24N4O2S. The molecule has 0 radical (unpaired) electrons. The first kappa shape index (κ1) is 20.1. The number of nitrogens with one attached hydrogen (secondary N) is 2. The van der Waals surface area contributed by atoms with Gasteiger partial charge < -0.3 is 20.0 Å². The number of furan rings is 1. The molecule has 2 aromatic heterocycles. The molecule has 0 bridgehead atoms. The van der Waals surface area contributed by atoms with E-state index in [-0.39, 0.29) is 18.0 Å². The first-order chi connectivity index (χ1) is 14.5. The van der Waals surface area contributed by atoms with E-state index in [1.807, 2.05) is 73.3 Å². The van der Waals surface area contributed by atoms with Crippen molar-refractivity contribution in [3.05, 3.63) is 83.6 Å². The predicted octanol–water partition coefficient (Wildman–Crippen LogP) is 4.29. The molecule has 1 aliphatic rings. The lowest BCUT2D eigenvalue weighted by molar-refractivity contribution is -0.116. The molecule has 6 nitrogen and oxygen atoms in total. The van der Waals surface area contributed by atoms with E-state index in [9.17, 15) is 4.79 Å². The second kappa shape index (κ2) is 8.67. The SMILES string of the molecule is Cc1ccc(C2C(c3ccccn3)NC(=S)N2CCC(=O)Nc2ccccc2C)o1. The Morgan fingerprint density at radius 1 is 1.17 bits per heavy atom. The number of aryl methyl sites for hydroxylation is 2. The Balaban J connectivity index is 1.52. The highest BCUT2D eigenvalue weighted by Gasteiger charge is 2.41. The van der Waals surface area contributed by atoms with Crippen molar-refractivity contribution in [2.24, 2.45) is 0 Å². The van der Waals surface area contributed by atoms with Gasteiger partial charge in [0, 0.05) is 24.8 Å². The quantitative estimate of drug-likeness (QED) is 0.580. The molecule has 7 heteroatoms. The normalized spacial score (nSPS) is 18.3. The van der Waals surface area contributed by atoms with Crippen molar-refractivity contribution in [3.8, 4) is 0 Å². The van der Waals surface area contributed by atoms with Gasteiger partial charge >= 0.3 is 0 Å². The smallest absolute Gasteiger partial charge is 0.226 e. The van der Waals surface area contributed by atoms with Gasteiger partial charge in [0.05, 0.1) is 11.7 Å². The number of nitrogens with zero attached hydrogens (tertiary/aromatic N) is 2. The highest BCUT2D eigenvalue weighted by molar-refractivity contribution is 7.80. The van der Waals surface area contributed by atoms with E-state index in [2.05, 4.69) is 15.6 Å². The van der Waals surface area contributed by atoms with E-state index in [1.165, 1.54) is 0 Å². The molecule has 3 aromatic rings. The molecule has 154 valence electrons. The summed E-state index contributed by atoms with van der Waals surface area (Å²) in [7, 11) is 0. The number of amides is 1. The van der Waals surface area contributed by atoms with Crippen molar-refractivity contribution < 1.29 is 9.21 Å². The Morgan fingerprint density at radius 3 is 2.67 bits per heavy atom. The Bertz CT molecular complexity index is 1050. The maximum absolute atomic E-state index is 12.6. The predicted molar refractivity (Wildman–Crippen MR) is 120 cm³/mol. The van der Waals surface area contributed by atoms with Crippen LogP contribution in [0, 0.1) is 13.8 Å². The van der Waals surface area contributed by atoms with Crippen molar-refractivity contribution in [1.82, 2.24) is 15.2 Å². The summed E-state index contributed by atoms with van der Waals surface area (Å²) in [5.74, 6) is 1.58. The standard InChI is InChI=1S/C23H24N4O2S/c1-15-7-3-4-8-17(15)25-20(28)12-14-27-22(19-11-10-16(2)29-19)21(26-23(27)30)18-9-5-6-13-24-18/h3-11,13,21-22H,12,14H2,1-2H3,(H,25,28)(H,26,30). The number of hydrogen-bond donors (Lipinski definition) is 2. The third kappa shape index (κ3) is 4.21. The number of carbonyl (C=O) groups excluding carboxylic acids is 1. The fraction of sp³-hybridized carbons (Fsp3) is 0.261. The average molecular weight is 421 g/mol. The lowest BCUT2D eigenvalue weighted by atomic mass is 10.0. The van der Waals surface area contributed by atoms with Crippen molar-refractivity contribution in [1.29, 1.82) is 0 Å². The molecule has 2 unspecified atom stereocenters. The monoisotopic (exact) mass is 420 g/mol. The Morgan fingerprint density at radius 2 is 1.97 bits per heavy atom. The molecule has 0 spiro atoms. The van der Waals surface area contributed by atoms with Gasteiger partial charge in [-0.05, 0) is 62.0 Å². The minimum Gasteiger partial charge on any atom is -0.464 e. The molecule has 1 saturated heterocycles. The Kier molecular flexibility index (Phi) is 5.81. The van der Waals surface area contributed by atoms with Gasteiger partial charge in [-0.1, -0.05) is 24.3 Å². The third-order valence-corrected chi connectivity index (χ3v) is 5.60. The number of aromatic nitrogens is 1. The summed E-state index contributed by atoms with van der Waals surface area (Å²) < 4.78 is 5.95. The molecule has 1 aromatic carbocycles. The molecule has 0 aliphatic carbocycles. The maximum atomic E-state index is 12.6. The van der Waals surface area contributed by atoms with Crippen molar-refractivity contribution in [2.45, 2.75) is 32.4 Å². The zero-order chi connectivity index (χ0) is 21.1. The van der Waals surface area contributed by atoms with E-state index < -0.39 is 0 Å². The molecule has 1 amide bonds. The van der Waals surface area contributed by atoms with Crippen molar-refractivity contribution >= 4 is 28.9 Å². The van der Waals surface area contributed by atoms with Gasteiger partial charge in [-0.15, -0.1) is 0 Å². The van der Waals surface area contributed by atoms with Crippen LogP contribution in [0.5, 0.6) is 0 Å². The first-order valence-electron chi connectivity index (χ1n) is 9.93. The first-order valence-corrected chi connectivity index (χ1v) is 10.3. The minimum absolute atomic E-state index is 0.0530. The molecule has 1 aliphatic heterocycles. The fourth-order valence-corrected chi connectivity index (χ4v) is 4.05. The number of pyridine rings is 1. The number of thiocarbonyl (C=S) groups is 1. The van der Waals surface area contributed by atoms with Crippen LogP contribution >= 0.6 is 12.2 Å². The summed E-state index contributed by atoms with van der Waals surface area (Å²) in [6.07, 6.45) is 2.07. The van der Waals surface area contributed by atoms with Crippen molar-refractivity contribution in [3.63, 3.8) is 0 Å². The fourth-order valence-electron chi connectivity index (χ4n) is 3.72. The van der Waals surface area contributed by atoms with E-state index in [1.54, 1.807) is 6.20 Å². The van der Waals surface area contributed by atoms with E-state index in [0.717, 1.165) is 28.5 Å². The molecule has 2 N–H and O–H groups in total. The lowest BCUT2D eigenvalue weighted by Crippen LogP contribution is -2.32. The Hall–Kier alpha value is -3.19. The van der Waals surface area contributed by atoms with Gasteiger partial charge in [0.1, 0.15) is 17.6 Å². The van der Waals surface area contributed by atoms with Gasteiger partial charge in [0.25, 0.3) is 0 Å². The number of carbonyl (C=O) groups is 1. The zero-order valence-electron chi connectivity index (χ0n) is 17.0. The van der Waals surface area contributed by atoms with E-state index in [4.69, 9.17) is 16.6 Å². The van der Waals surface area contributed by atoms with Crippen LogP contribution in [0.2, 0.25) is 0 Å². The van der Waals surface area contributed by atoms with Gasteiger partial charge in [-0.25, -0.2) is 0 Å². The van der Waals surface area contributed by atoms with Gasteiger partial charge in [0.15, 0.2) is 5.11 Å². The molecule has 30 heavy (non-hydrogen) atoms. The van der Waals surface area contributed by atoms with Crippen LogP contribution in [0.4, 0.5) is 5.69 Å². The summed E-state index contributed by atoms with van der Waals surface area (Å²) in [6, 6.07) is 17.1. The second-order valence-electron chi connectivity index (χ2n) is 7.38. The molecule has 0 saturated carbocycles. The summed E-state index contributed by atoms with van der Waals surface area (Å²) in [6.45, 7) is 4.36. The highest BCUT2D eigenvalue weighted by Crippen LogP contribution is 2.39. The molecule has 1 fully saturated rings. The van der Waals surface area contributed by atoms with Gasteiger partial charge in [0.2, 0.25) is 5.91 Å². The summed E-state index contributed by atoms with van der Waals surface area (Å²) >= 11 is 5.62. The minimum atomic E-state index is -0.174. The van der Waals surface area contributed by atoms with Gasteiger partial charge in [-0.3, -0.25) is 9.78 Å². The van der Waals surface area contributed by atoms with Crippen LogP contribution < -0.4 is 10.6 Å². The largest absolute Gasteiger partial charge is 0.464 e. The van der Waals surface area contributed by atoms with Crippen LogP contribution in [0.3, 0.4) is 0 Å². The van der Waals surface area contributed by atoms with Crippen LogP contribution in [0.1, 0.15) is 41.3 Å². The van der Waals surface area contributed by atoms with Gasteiger partial charge in [-0.2, -0.15) is 0 Å². The number of anilines is 1. The van der Waals surface area contributed by atoms with Crippen LogP contribution in [-0.4, -0.2) is 27.4 Å². The number of hydrogen-bond acceptors (Lipinski definition) is 4. The van der Waals surface area contributed by atoms with E-state index in [0.29, 0.717) is 18.1 Å². The molecule has 4 rings (SSSR count). The number of benzene rings is 1. The maximum Gasteiger partial charge on any atom is 0.226 e. The number of para-hydroxylation sites is 1. The van der Waals surface area contributed by atoms with Crippen LogP contribution in [-0.2, 0) is 4.79 Å². The lowest BCUT2D eigenvalue weighted by Gasteiger charge is -2.25. The highest BCUT2D eigenvalue weighted by atomic mass is 32.1. The average Bonchev–Trinajstić information content (AvgIpc) is 3.31. The molecule has 2 atom stereocenters. The van der Waals surface area contributed by atoms with Crippen molar-refractivity contribution in [2.75, 3.05) is 11.9 Å². The topological polar surface area (TPSA) is 70.4 Å². The summed E-state index contributed by atoms with van der Waals surface area (Å²) in [4.78, 5) is 19.1. The van der Waals surface area contributed by atoms with Crippen LogP contribution in [0.25, 0.3) is 0 Å². The second-order valence-corrected chi connectivity index (χ2v) is 7.77. The van der Waals surface area contributed by atoms with E-state index >= 15 is 0 Å². The molecule has 3 heterocycles.